The van der Waals surface area contributed by atoms with Crippen LogP contribution in [-0.2, 0) is 0 Å². The number of nitrogens with one attached hydrogen (secondary N) is 1. The Kier molecular flexibility index (Phi) is 2.99. The third-order valence-electron chi connectivity index (χ3n) is 2.98. The van der Waals surface area contributed by atoms with Crippen LogP contribution in [-0.4, -0.2) is 23.5 Å². The van der Waals surface area contributed by atoms with Gasteiger partial charge in [-0.25, -0.2) is 4.79 Å². The Hall–Kier alpha value is -1.71. The van der Waals surface area contributed by atoms with Gasteiger partial charge < -0.3 is 16.0 Å². The number of carbonyl (C=O) groups is 1. The molecule has 4 heteroatoms. The fourth-order valence-corrected chi connectivity index (χ4v) is 2.00. The van der Waals surface area contributed by atoms with Crippen molar-refractivity contribution in [2.75, 3.05) is 17.6 Å². The van der Waals surface area contributed by atoms with E-state index in [2.05, 4.69) is 12.2 Å². The van der Waals surface area contributed by atoms with Gasteiger partial charge in [-0.2, -0.15) is 0 Å². The van der Waals surface area contributed by atoms with Crippen molar-refractivity contribution in [3.63, 3.8) is 0 Å². The summed E-state index contributed by atoms with van der Waals surface area (Å²) in [4.78, 5) is 13.8. The van der Waals surface area contributed by atoms with Gasteiger partial charge in [0.2, 0.25) is 0 Å². The third kappa shape index (κ3) is 2.27. The van der Waals surface area contributed by atoms with Crippen LogP contribution in [0.25, 0.3) is 0 Å². The van der Waals surface area contributed by atoms with Crippen LogP contribution in [0.1, 0.15) is 19.8 Å². The number of anilines is 2. The average molecular weight is 219 g/mol. The van der Waals surface area contributed by atoms with Crippen molar-refractivity contribution in [3.05, 3.63) is 24.3 Å². The van der Waals surface area contributed by atoms with Gasteiger partial charge in [0.05, 0.1) is 0 Å². The summed E-state index contributed by atoms with van der Waals surface area (Å²) >= 11 is 0. The molecule has 1 aromatic rings. The topological polar surface area (TPSA) is 58.4 Å². The zero-order chi connectivity index (χ0) is 11.5. The van der Waals surface area contributed by atoms with Crippen molar-refractivity contribution < 1.29 is 4.79 Å². The summed E-state index contributed by atoms with van der Waals surface area (Å²) in [6, 6.07) is 7.51. The monoisotopic (exact) mass is 219 g/mol. The lowest BCUT2D eigenvalue weighted by atomic mass is 10.2. The second-order valence-corrected chi connectivity index (χ2v) is 4.24. The smallest absolute Gasteiger partial charge is 0.322 e. The minimum Gasteiger partial charge on any atom is -0.399 e. The molecule has 1 fully saturated rings. The summed E-state index contributed by atoms with van der Waals surface area (Å²) in [7, 11) is 0. The van der Waals surface area contributed by atoms with Crippen LogP contribution in [0.15, 0.2) is 24.3 Å². The standard InChI is InChI=1S/C12H17N3O/c1-9-3-2-8-15(9)12(16)14-11-6-4-10(13)5-7-11/h4-7,9H,2-3,8,13H2,1H3,(H,14,16). The molecule has 3 N–H and O–H groups in total. The number of hydrogen-bond donors (Lipinski definition) is 2. The molecule has 1 saturated heterocycles. The quantitative estimate of drug-likeness (QED) is 0.712. The summed E-state index contributed by atoms with van der Waals surface area (Å²) in [5.41, 5.74) is 7.07. The third-order valence-corrected chi connectivity index (χ3v) is 2.98. The SMILES string of the molecule is CC1CCCN1C(=O)Nc1ccc(N)cc1. The molecule has 86 valence electrons. The van der Waals surface area contributed by atoms with Gasteiger partial charge in [0.1, 0.15) is 0 Å². The van der Waals surface area contributed by atoms with Crippen molar-refractivity contribution >= 4 is 17.4 Å². The van der Waals surface area contributed by atoms with Gasteiger partial charge in [0.25, 0.3) is 0 Å². The molecule has 0 aliphatic carbocycles. The predicted octanol–water partition coefficient (Wildman–Crippen LogP) is 2.29. The van der Waals surface area contributed by atoms with Gasteiger partial charge in [-0.15, -0.1) is 0 Å². The Morgan fingerprint density at radius 1 is 1.44 bits per heavy atom. The predicted molar refractivity (Wildman–Crippen MR) is 65.3 cm³/mol. The van der Waals surface area contributed by atoms with Gasteiger partial charge in [-0.1, -0.05) is 0 Å². The zero-order valence-corrected chi connectivity index (χ0v) is 9.44. The zero-order valence-electron chi connectivity index (χ0n) is 9.44. The normalized spacial score (nSPS) is 19.8. The number of amides is 2. The second-order valence-electron chi connectivity index (χ2n) is 4.24. The van der Waals surface area contributed by atoms with Crippen molar-refractivity contribution in [2.24, 2.45) is 0 Å². The largest absolute Gasteiger partial charge is 0.399 e. The molecule has 0 saturated carbocycles. The van der Waals surface area contributed by atoms with E-state index >= 15 is 0 Å². The lowest BCUT2D eigenvalue weighted by Crippen LogP contribution is -2.37. The molecule has 2 amide bonds. The summed E-state index contributed by atoms with van der Waals surface area (Å²) in [6.45, 7) is 2.93. The van der Waals surface area contributed by atoms with E-state index in [0.717, 1.165) is 25.1 Å². The van der Waals surface area contributed by atoms with E-state index in [1.54, 1.807) is 12.1 Å². The van der Waals surface area contributed by atoms with Crippen molar-refractivity contribution in [1.29, 1.82) is 0 Å². The van der Waals surface area contributed by atoms with Crippen molar-refractivity contribution in [3.8, 4) is 0 Å². The van der Waals surface area contributed by atoms with E-state index in [9.17, 15) is 4.79 Å². The maximum Gasteiger partial charge on any atom is 0.322 e. The van der Waals surface area contributed by atoms with E-state index in [0.29, 0.717) is 11.7 Å². The van der Waals surface area contributed by atoms with Gasteiger partial charge in [0, 0.05) is 24.0 Å². The molecule has 0 aromatic heterocycles. The van der Waals surface area contributed by atoms with Crippen molar-refractivity contribution in [2.45, 2.75) is 25.8 Å². The summed E-state index contributed by atoms with van der Waals surface area (Å²) in [6.07, 6.45) is 2.19. The summed E-state index contributed by atoms with van der Waals surface area (Å²) in [5, 5.41) is 2.87. The highest BCUT2D eigenvalue weighted by Gasteiger charge is 2.24. The second kappa shape index (κ2) is 4.43. The first-order valence-electron chi connectivity index (χ1n) is 5.60. The van der Waals surface area contributed by atoms with E-state index in [1.807, 2.05) is 17.0 Å². The Bertz CT molecular complexity index is 374. The molecule has 1 aliphatic heterocycles. The van der Waals surface area contributed by atoms with Crippen LogP contribution in [0.5, 0.6) is 0 Å². The fourth-order valence-electron chi connectivity index (χ4n) is 2.00. The first-order valence-corrected chi connectivity index (χ1v) is 5.60. The highest BCUT2D eigenvalue weighted by atomic mass is 16.2. The number of urea groups is 1. The van der Waals surface area contributed by atoms with E-state index in [4.69, 9.17) is 5.73 Å². The molecular weight excluding hydrogens is 202 g/mol. The van der Waals surface area contributed by atoms with Crippen LogP contribution >= 0.6 is 0 Å². The number of nitrogens with zero attached hydrogens (tertiary/aromatic N) is 1. The van der Waals surface area contributed by atoms with Crippen LogP contribution < -0.4 is 11.1 Å². The molecule has 1 heterocycles. The van der Waals surface area contributed by atoms with Gasteiger partial charge in [-0.05, 0) is 44.0 Å². The first kappa shape index (κ1) is 10.8. The number of rotatable bonds is 1. The van der Waals surface area contributed by atoms with E-state index in [1.165, 1.54) is 0 Å². The first-order chi connectivity index (χ1) is 7.66. The molecular formula is C12H17N3O. The molecule has 1 atom stereocenters. The average Bonchev–Trinajstić information content (AvgIpc) is 2.68. The summed E-state index contributed by atoms with van der Waals surface area (Å²) in [5.74, 6) is 0. The number of likely N-dealkylation sites (tertiary alicyclic amines) is 1. The van der Waals surface area contributed by atoms with Crippen LogP contribution in [0.2, 0.25) is 0 Å². The molecule has 4 nitrogen and oxygen atoms in total. The number of hydrogen-bond acceptors (Lipinski definition) is 2. The fraction of sp³-hybridized carbons (Fsp3) is 0.417. The molecule has 2 rings (SSSR count). The molecule has 0 radical (unpaired) electrons. The summed E-state index contributed by atoms with van der Waals surface area (Å²) < 4.78 is 0. The van der Waals surface area contributed by atoms with Gasteiger partial charge in [0.15, 0.2) is 0 Å². The number of carbonyl (C=O) groups excluding carboxylic acids is 1. The maximum atomic E-state index is 11.9. The van der Waals surface area contributed by atoms with E-state index in [-0.39, 0.29) is 6.03 Å². The highest BCUT2D eigenvalue weighted by Crippen LogP contribution is 2.18. The maximum absolute atomic E-state index is 11.9. The number of benzene rings is 1. The minimum atomic E-state index is -0.0187. The molecule has 0 spiro atoms. The molecule has 1 aromatic carbocycles. The molecule has 16 heavy (non-hydrogen) atoms. The van der Waals surface area contributed by atoms with Gasteiger partial charge >= 0.3 is 6.03 Å². The van der Waals surface area contributed by atoms with E-state index < -0.39 is 0 Å². The number of nitrogens with two attached hydrogens (primary N) is 1. The lowest BCUT2D eigenvalue weighted by Gasteiger charge is -2.21. The molecule has 1 unspecified atom stereocenters. The Morgan fingerprint density at radius 2 is 2.12 bits per heavy atom. The number of nitrogen functional groups attached to an aromatic ring is 1. The highest BCUT2D eigenvalue weighted by molar-refractivity contribution is 5.89. The van der Waals surface area contributed by atoms with Crippen LogP contribution in [0, 0.1) is 0 Å². The lowest BCUT2D eigenvalue weighted by molar-refractivity contribution is 0.210. The Balaban J connectivity index is 1.99. The van der Waals surface area contributed by atoms with Crippen LogP contribution in [0.4, 0.5) is 16.2 Å². The Morgan fingerprint density at radius 3 is 2.69 bits per heavy atom. The molecule has 0 bridgehead atoms. The van der Waals surface area contributed by atoms with Crippen LogP contribution in [0.3, 0.4) is 0 Å². The Labute approximate surface area is 95.4 Å². The van der Waals surface area contributed by atoms with Crippen molar-refractivity contribution in [1.82, 2.24) is 4.90 Å². The minimum absolute atomic E-state index is 0.0187. The molecule has 1 aliphatic rings. The van der Waals surface area contributed by atoms with Gasteiger partial charge in [-0.3, -0.25) is 0 Å².